The zero-order chi connectivity index (χ0) is 16.3. The fraction of sp³-hybridized carbons (Fsp3) is 0.467. The number of primary amides is 1. The Labute approximate surface area is 133 Å². The summed E-state index contributed by atoms with van der Waals surface area (Å²) < 4.78 is 18.5. The zero-order valence-corrected chi connectivity index (χ0v) is 13.0. The van der Waals surface area contributed by atoms with Gasteiger partial charge in [-0.25, -0.2) is 4.39 Å². The first kappa shape index (κ1) is 16.5. The van der Waals surface area contributed by atoms with E-state index >= 15 is 0 Å². The summed E-state index contributed by atoms with van der Waals surface area (Å²) in [6.45, 7) is 2.46. The van der Waals surface area contributed by atoms with Crippen LogP contribution in [-0.4, -0.2) is 35.9 Å². The highest BCUT2D eigenvalue weighted by Crippen LogP contribution is 2.26. The normalized spacial score (nSPS) is 19.6. The molecule has 0 saturated carbocycles. The van der Waals surface area contributed by atoms with Gasteiger partial charge in [-0.15, -0.1) is 0 Å². The molecular weight excluding hydrogens is 311 g/mol. The van der Waals surface area contributed by atoms with Crippen molar-refractivity contribution in [1.29, 1.82) is 0 Å². The second-order valence-electron chi connectivity index (χ2n) is 5.36. The monoisotopic (exact) mass is 328 g/mol. The molecule has 2 amide bonds. The minimum absolute atomic E-state index is 0.105. The Kier molecular flexibility index (Phi) is 5.24. The zero-order valence-electron chi connectivity index (χ0n) is 12.2. The predicted molar refractivity (Wildman–Crippen MR) is 80.0 cm³/mol. The van der Waals surface area contributed by atoms with E-state index < -0.39 is 17.8 Å². The minimum atomic E-state index is -0.783. The molecule has 1 aromatic carbocycles. The number of likely N-dealkylation sites (tertiary alicyclic amines) is 1. The van der Waals surface area contributed by atoms with Crippen molar-refractivity contribution in [3.05, 3.63) is 29.0 Å². The Balaban J connectivity index is 2.01. The summed E-state index contributed by atoms with van der Waals surface area (Å²) in [6.07, 6.45) is 0.635. The van der Waals surface area contributed by atoms with Gasteiger partial charge in [0.2, 0.25) is 5.91 Å². The van der Waals surface area contributed by atoms with Gasteiger partial charge in [0.1, 0.15) is 11.6 Å². The third-order valence-corrected chi connectivity index (χ3v) is 3.98. The van der Waals surface area contributed by atoms with Crippen molar-refractivity contribution in [2.75, 3.05) is 13.1 Å². The van der Waals surface area contributed by atoms with Crippen molar-refractivity contribution in [2.45, 2.75) is 25.9 Å². The molecule has 120 valence electrons. The van der Waals surface area contributed by atoms with Crippen LogP contribution in [0.1, 0.15) is 19.8 Å². The molecule has 0 radical (unpaired) electrons. The Bertz CT molecular complexity index is 582. The van der Waals surface area contributed by atoms with Gasteiger partial charge in [0, 0.05) is 13.1 Å². The number of hydrogen-bond donors (Lipinski definition) is 1. The van der Waals surface area contributed by atoms with E-state index in [1.807, 2.05) is 0 Å². The number of rotatable bonds is 4. The van der Waals surface area contributed by atoms with Crippen LogP contribution in [0.25, 0.3) is 0 Å². The summed E-state index contributed by atoms with van der Waals surface area (Å²) in [4.78, 5) is 25.2. The molecule has 1 aliphatic rings. The summed E-state index contributed by atoms with van der Waals surface area (Å²) >= 11 is 5.88. The predicted octanol–water partition coefficient (Wildman–Crippen LogP) is 1.97. The summed E-state index contributed by atoms with van der Waals surface area (Å²) in [5, 5.41) is 0.105. The molecule has 0 spiro atoms. The van der Waals surface area contributed by atoms with Gasteiger partial charge in [0.05, 0.1) is 10.9 Å². The Hall–Kier alpha value is -1.82. The molecule has 0 aliphatic carbocycles. The van der Waals surface area contributed by atoms with Crippen molar-refractivity contribution >= 4 is 23.4 Å². The van der Waals surface area contributed by atoms with E-state index in [0.717, 1.165) is 12.5 Å². The maximum Gasteiger partial charge on any atom is 0.263 e. The molecular formula is C15H18ClFN2O3. The smallest absolute Gasteiger partial charge is 0.263 e. The standard InChI is InChI=1S/C15H18ClFN2O3/c1-9(22-13-5-4-11(17)7-12(13)16)15(21)19-6-2-3-10(8-19)14(18)20/h4-5,7,9-10H,2-3,6,8H2,1H3,(H2,18,20). The average Bonchev–Trinajstić information content (AvgIpc) is 2.49. The summed E-state index contributed by atoms with van der Waals surface area (Å²) in [5.41, 5.74) is 5.30. The molecule has 7 heteroatoms. The lowest BCUT2D eigenvalue weighted by molar-refractivity contribution is -0.141. The number of carbonyl (C=O) groups excluding carboxylic acids is 2. The Morgan fingerprint density at radius 2 is 2.23 bits per heavy atom. The third-order valence-electron chi connectivity index (χ3n) is 3.68. The molecule has 1 aromatic rings. The number of amides is 2. The molecule has 0 bridgehead atoms. The number of hydrogen-bond acceptors (Lipinski definition) is 3. The fourth-order valence-corrected chi connectivity index (χ4v) is 2.69. The van der Waals surface area contributed by atoms with Crippen LogP contribution in [0.4, 0.5) is 4.39 Å². The molecule has 2 unspecified atom stereocenters. The van der Waals surface area contributed by atoms with Crippen molar-refractivity contribution in [2.24, 2.45) is 11.7 Å². The van der Waals surface area contributed by atoms with Crippen LogP contribution in [-0.2, 0) is 9.59 Å². The first-order chi connectivity index (χ1) is 10.4. The van der Waals surface area contributed by atoms with Gasteiger partial charge >= 0.3 is 0 Å². The van der Waals surface area contributed by atoms with Crippen LogP contribution in [0.15, 0.2) is 18.2 Å². The van der Waals surface area contributed by atoms with E-state index in [4.69, 9.17) is 22.1 Å². The SMILES string of the molecule is CC(Oc1ccc(F)cc1Cl)C(=O)N1CCCC(C(N)=O)C1. The summed E-state index contributed by atoms with van der Waals surface area (Å²) in [6, 6.07) is 3.71. The van der Waals surface area contributed by atoms with Crippen LogP contribution in [0, 0.1) is 11.7 Å². The number of nitrogens with zero attached hydrogens (tertiary/aromatic N) is 1. The van der Waals surface area contributed by atoms with Gasteiger partial charge in [-0.1, -0.05) is 11.6 Å². The third kappa shape index (κ3) is 3.88. The van der Waals surface area contributed by atoms with Crippen molar-refractivity contribution in [3.8, 4) is 5.75 Å². The Morgan fingerprint density at radius 3 is 2.86 bits per heavy atom. The van der Waals surface area contributed by atoms with Crippen LogP contribution in [0.5, 0.6) is 5.75 Å². The lowest BCUT2D eigenvalue weighted by Gasteiger charge is -2.33. The minimum Gasteiger partial charge on any atom is -0.479 e. The van der Waals surface area contributed by atoms with Gasteiger partial charge in [-0.05, 0) is 38.0 Å². The molecule has 1 aliphatic heterocycles. The Morgan fingerprint density at radius 1 is 1.50 bits per heavy atom. The number of ether oxygens (including phenoxy) is 1. The van der Waals surface area contributed by atoms with E-state index in [1.54, 1.807) is 11.8 Å². The van der Waals surface area contributed by atoms with Crippen molar-refractivity contribution < 1.29 is 18.7 Å². The highest BCUT2D eigenvalue weighted by atomic mass is 35.5. The van der Waals surface area contributed by atoms with E-state index in [0.29, 0.717) is 19.5 Å². The molecule has 5 nitrogen and oxygen atoms in total. The highest BCUT2D eigenvalue weighted by molar-refractivity contribution is 6.32. The largest absolute Gasteiger partial charge is 0.479 e. The van der Waals surface area contributed by atoms with Crippen LogP contribution in [0.2, 0.25) is 5.02 Å². The molecule has 2 atom stereocenters. The van der Waals surface area contributed by atoms with Gasteiger partial charge < -0.3 is 15.4 Å². The second kappa shape index (κ2) is 6.96. The lowest BCUT2D eigenvalue weighted by Crippen LogP contribution is -2.48. The van der Waals surface area contributed by atoms with E-state index in [9.17, 15) is 14.0 Å². The fourth-order valence-electron chi connectivity index (χ4n) is 2.48. The van der Waals surface area contributed by atoms with Crippen LogP contribution >= 0.6 is 11.6 Å². The van der Waals surface area contributed by atoms with Gasteiger partial charge in [0.25, 0.3) is 5.91 Å². The molecule has 2 N–H and O–H groups in total. The van der Waals surface area contributed by atoms with Gasteiger partial charge in [-0.2, -0.15) is 0 Å². The summed E-state index contributed by atoms with van der Waals surface area (Å²) in [7, 11) is 0. The van der Waals surface area contributed by atoms with E-state index in [2.05, 4.69) is 0 Å². The van der Waals surface area contributed by atoms with Gasteiger partial charge in [0.15, 0.2) is 6.10 Å². The quantitative estimate of drug-likeness (QED) is 0.918. The number of nitrogens with two attached hydrogens (primary N) is 1. The number of halogens is 2. The molecule has 1 fully saturated rings. The number of piperidine rings is 1. The van der Waals surface area contributed by atoms with Crippen LogP contribution < -0.4 is 10.5 Å². The maximum atomic E-state index is 13.0. The molecule has 22 heavy (non-hydrogen) atoms. The molecule has 1 heterocycles. The highest BCUT2D eigenvalue weighted by Gasteiger charge is 2.30. The number of carbonyl (C=O) groups is 2. The molecule has 2 rings (SSSR count). The summed E-state index contributed by atoms with van der Waals surface area (Å²) in [5.74, 6) is -1.19. The maximum absolute atomic E-state index is 13.0. The van der Waals surface area contributed by atoms with Crippen molar-refractivity contribution in [1.82, 2.24) is 4.90 Å². The molecule has 1 saturated heterocycles. The number of benzene rings is 1. The molecule has 0 aromatic heterocycles. The van der Waals surface area contributed by atoms with Gasteiger partial charge in [-0.3, -0.25) is 9.59 Å². The van der Waals surface area contributed by atoms with Crippen molar-refractivity contribution in [3.63, 3.8) is 0 Å². The topological polar surface area (TPSA) is 72.6 Å². The average molecular weight is 329 g/mol. The second-order valence-corrected chi connectivity index (χ2v) is 5.77. The van der Waals surface area contributed by atoms with E-state index in [1.165, 1.54) is 12.1 Å². The van der Waals surface area contributed by atoms with Crippen LogP contribution in [0.3, 0.4) is 0 Å². The first-order valence-corrected chi connectivity index (χ1v) is 7.46. The first-order valence-electron chi connectivity index (χ1n) is 7.08. The lowest BCUT2D eigenvalue weighted by atomic mass is 9.97. The van der Waals surface area contributed by atoms with E-state index in [-0.39, 0.29) is 22.6 Å².